The Labute approximate surface area is 108 Å². The van der Waals surface area contributed by atoms with Crippen molar-refractivity contribution in [3.8, 4) is 11.4 Å². The zero-order valence-corrected chi connectivity index (χ0v) is 11.7. The number of anilines is 1. The first-order valence-electron chi connectivity index (χ1n) is 6.12. The van der Waals surface area contributed by atoms with Gasteiger partial charge in [-0.05, 0) is 12.1 Å². The van der Waals surface area contributed by atoms with Crippen LogP contribution < -0.4 is 5.32 Å². The van der Waals surface area contributed by atoms with E-state index in [1.165, 1.54) is 0 Å². The summed E-state index contributed by atoms with van der Waals surface area (Å²) >= 11 is 0. The number of nitrogens with zero attached hydrogens (tertiary/aromatic N) is 3. The number of aryl methyl sites for hydroxylation is 1. The summed E-state index contributed by atoms with van der Waals surface area (Å²) in [6.07, 6.45) is 0. The molecule has 1 heterocycles. The molecule has 0 aliphatic carbocycles. The number of hydrogen-bond donors (Lipinski definition) is 1. The average molecular weight is 244 g/mol. The van der Waals surface area contributed by atoms with Crippen LogP contribution in [0.3, 0.4) is 0 Å². The van der Waals surface area contributed by atoms with Crippen molar-refractivity contribution < 1.29 is 0 Å². The van der Waals surface area contributed by atoms with Gasteiger partial charge in [0.25, 0.3) is 0 Å². The van der Waals surface area contributed by atoms with E-state index in [9.17, 15) is 0 Å². The van der Waals surface area contributed by atoms with Crippen molar-refractivity contribution in [2.75, 3.05) is 12.4 Å². The minimum absolute atomic E-state index is 0.0371. The zero-order valence-electron chi connectivity index (χ0n) is 11.7. The van der Waals surface area contributed by atoms with Gasteiger partial charge in [0.15, 0.2) is 11.6 Å². The maximum absolute atomic E-state index is 4.67. The third-order valence-corrected chi connectivity index (χ3v) is 2.87. The number of aromatic nitrogens is 3. The van der Waals surface area contributed by atoms with E-state index in [0.29, 0.717) is 0 Å². The number of rotatable bonds is 2. The van der Waals surface area contributed by atoms with Crippen LogP contribution in [0.15, 0.2) is 24.3 Å². The lowest BCUT2D eigenvalue weighted by atomic mass is 9.96. The third-order valence-electron chi connectivity index (χ3n) is 2.87. The van der Waals surface area contributed by atoms with E-state index in [2.05, 4.69) is 42.2 Å². The SMILES string of the molecule is CNc1ccccc1-c1nc(C(C)(C)C)nn1C. The Bertz CT molecular complexity index is 549. The molecule has 0 saturated carbocycles. The van der Waals surface area contributed by atoms with Crippen LogP contribution in [-0.2, 0) is 12.5 Å². The van der Waals surface area contributed by atoms with E-state index >= 15 is 0 Å². The second kappa shape index (κ2) is 4.44. The number of nitrogens with one attached hydrogen (secondary N) is 1. The standard InChI is InChI=1S/C14H20N4/c1-14(2,3)13-16-12(18(5)17-13)10-8-6-7-9-11(10)15-4/h6-9,15H,1-5H3. The predicted molar refractivity (Wildman–Crippen MR) is 74.7 cm³/mol. The Morgan fingerprint density at radius 2 is 1.83 bits per heavy atom. The minimum atomic E-state index is -0.0371. The van der Waals surface area contributed by atoms with Gasteiger partial charge in [0.2, 0.25) is 0 Å². The largest absolute Gasteiger partial charge is 0.388 e. The zero-order chi connectivity index (χ0) is 13.3. The van der Waals surface area contributed by atoms with Crippen molar-refractivity contribution in [2.24, 2.45) is 7.05 Å². The summed E-state index contributed by atoms with van der Waals surface area (Å²) in [5.74, 6) is 1.76. The molecule has 0 fully saturated rings. The first kappa shape index (κ1) is 12.6. The second-order valence-electron chi connectivity index (χ2n) is 5.43. The summed E-state index contributed by atoms with van der Waals surface area (Å²) in [5.41, 5.74) is 2.10. The maximum Gasteiger partial charge on any atom is 0.160 e. The van der Waals surface area contributed by atoms with Gasteiger partial charge in [0, 0.05) is 30.8 Å². The van der Waals surface area contributed by atoms with Crippen molar-refractivity contribution in [2.45, 2.75) is 26.2 Å². The van der Waals surface area contributed by atoms with E-state index in [-0.39, 0.29) is 5.41 Å². The highest BCUT2D eigenvalue weighted by Gasteiger charge is 2.22. The summed E-state index contributed by atoms with van der Waals surface area (Å²) in [4.78, 5) is 4.67. The van der Waals surface area contributed by atoms with Crippen molar-refractivity contribution >= 4 is 5.69 Å². The monoisotopic (exact) mass is 244 g/mol. The molecule has 0 spiro atoms. The van der Waals surface area contributed by atoms with E-state index < -0.39 is 0 Å². The van der Waals surface area contributed by atoms with Crippen LogP contribution in [0, 0.1) is 0 Å². The summed E-state index contributed by atoms with van der Waals surface area (Å²) in [6.45, 7) is 6.36. The molecule has 0 aliphatic rings. The normalized spacial score (nSPS) is 11.6. The van der Waals surface area contributed by atoms with Gasteiger partial charge in [-0.15, -0.1) is 0 Å². The van der Waals surface area contributed by atoms with E-state index in [4.69, 9.17) is 0 Å². The molecule has 0 aliphatic heterocycles. The molecule has 0 unspecified atom stereocenters. The van der Waals surface area contributed by atoms with Crippen molar-refractivity contribution in [3.63, 3.8) is 0 Å². The Morgan fingerprint density at radius 1 is 1.17 bits per heavy atom. The molecule has 0 amide bonds. The molecule has 0 atom stereocenters. The van der Waals surface area contributed by atoms with Gasteiger partial charge < -0.3 is 5.32 Å². The van der Waals surface area contributed by atoms with Gasteiger partial charge in [0.1, 0.15) is 0 Å². The number of para-hydroxylation sites is 1. The van der Waals surface area contributed by atoms with Crippen LogP contribution >= 0.6 is 0 Å². The van der Waals surface area contributed by atoms with Crippen LogP contribution in [0.2, 0.25) is 0 Å². The topological polar surface area (TPSA) is 42.7 Å². The molecule has 1 N–H and O–H groups in total. The van der Waals surface area contributed by atoms with Crippen LogP contribution in [0.1, 0.15) is 26.6 Å². The lowest BCUT2D eigenvalue weighted by Gasteiger charge is -2.12. The fourth-order valence-corrected chi connectivity index (χ4v) is 1.83. The van der Waals surface area contributed by atoms with Gasteiger partial charge in [-0.1, -0.05) is 32.9 Å². The molecular formula is C14H20N4. The Morgan fingerprint density at radius 3 is 2.39 bits per heavy atom. The first-order chi connectivity index (χ1) is 8.43. The molecular weight excluding hydrogens is 224 g/mol. The van der Waals surface area contributed by atoms with Gasteiger partial charge in [0.05, 0.1) is 0 Å². The van der Waals surface area contributed by atoms with Crippen LogP contribution in [-0.4, -0.2) is 21.8 Å². The third kappa shape index (κ3) is 2.23. The van der Waals surface area contributed by atoms with E-state index in [1.54, 1.807) is 0 Å². The molecule has 1 aromatic heterocycles. The molecule has 96 valence electrons. The van der Waals surface area contributed by atoms with Crippen molar-refractivity contribution in [3.05, 3.63) is 30.1 Å². The first-order valence-corrected chi connectivity index (χ1v) is 6.12. The summed E-state index contributed by atoms with van der Waals surface area (Å²) in [7, 11) is 3.85. The van der Waals surface area contributed by atoms with Crippen molar-refractivity contribution in [1.29, 1.82) is 0 Å². The fraction of sp³-hybridized carbons (Fsp3) is 0.429. The van der Waals surface area contributed by atoms with Gasteiger partial charge in [-0.3, -0.25) is 0 Å². The smallest absolute Gasteiger partial charge is 0.160 e. The molecule has 4 heteroatoms. The molecule has 18 heavy (non-hydrogen) atoms. The Balaban J connectivity index is 2.55. The molecule has 0 radical (unpaired) electrons. The van der Waals surface area contributed by atoms with Crippen LogP contribution in [0.4, 0.5) is 5.69 Å². The highest BCUT2D eigenvalue weighted by atomic mass is 15.3. The number of benzene rings is 1. The lowest BCUT2D eigenvalue weighted by Crippen LogP contribution is -2.13. The predicted octanol–water partition coefficient (Wildman–Crippen LogP) is 2.82. The average Bonchev–Trinajstić information content (AvgIpc) is 2.71. The highest BCUT2D eigenvalue weighted by molar-refractivity contribution is 5.73. The maximum atomic E-state index is 4.67. The molecule has 2 aromatic rings. The Hall–Kier alpha value is -1.84. The van der Waals surface area contributed by atoms with Gasteiger partial charge in [-0.2, -0.15) is 5.10 Å². The minimum Gasteiger partial charge on any atom is -0.388 e. The summed E-state index contributed by atoms with van der Waals surface area (Å²) in [6, 6.07) is 8.13. The molecule has 0 bridgehead atoms. The summed E-state index contributed by atoms with van der Waals surface area (Å²) in [5, 5.41) is 7.70. The quantitative estimate of drug-likeness (QED) is 0.883. The van der Waals surface area contributed by atoms with Crippen LogP contribution in [0.25, 0.3) is 11.4 Å². The fourth-order valence-electron chi connectivity index (χ4n) is 1.83. The van der Waals surface area contributed by atoms with E-state index in [1.807, 2.05) is 37.0 Å². The molecule has 1 aromatic carbocycles. The van der Waals surface area contributed by atoms with E-state index in [0.717, 1.165) is 22.9 Å². The molecule has 2 rings (SSSR count). The van der Waals surface area contributed by atoms with Gasteiger partial charge >= 0.3 is 0 Å². The Kier molecular flexibility index (Phi) is 3.11. The highest BCUT2D eigenvalue weighted by Crippen LogP contribution is 2.28. The van der Waals surface area contributed by atoms with Gasteiger partial charge in [-0.25, -0.2) is 9.67 Å². The lowest BCUT2D eigenvalue weighted by molar-refractivity contribution is 0.538. The summed E-state index contributed by atoms with van der Waals surface area (Å²) < 4.78 is 1.84. The molecule has 0 saturated heterocycles. The second-order valence-corrected chi connectivity index (χ2v) is 5.43. The molecule has 4 nitrogen and oxygen atoms in total. The van der Waals surface area contributed by atoms with Crippen molar-refractivity contribution in [1.82, 2.24) is 14.8 Å². The van der Waals surface area contributed by atoms with Crippen LogP contribution in [0.5, 0.6) is 0 Å². The number of hydrogen-bond acceptors (Lipinski definition) is 3.